The largest absolute Gasteiger partial charge is 0.495 e. The third kappa shape index (κ3) is 5.66. The number of carbonyl (C=O) groups is 1. The van der Waals surface area contributed by atoms with E-state index in [1.807, 2.05) is 12.2 Å². The highest BCUT2D eigenvalue weighted by molar-refractivity contribution is 7.90. The van der Waals surface area contributed by atoms with Gasteiger partial charge in [0.2, 0.25) is 0 Å². The summed E-state index contributed by atoms with van der Waals surface area (Å²) in [6.45, 7) is 2.88. The number of carboxylic acid groups (broad SMARTS) is 1. The fourth-order valence-corrected chi connectivity index (χ4v) is 6.08. The van der Waals surface area contributed by atoms with E-state index in [9.17, 15) is 18.3 Å². The lowest BCUT2D eigenvalue weighted by atomic mass is 9.99. The van der Waals surface area contributed by atoms with Crippen LogP contribution in [-0.2, 0) is 15.6 Å². The summed E-state index contributed by atoms with van der Waals surface area (Å²) in [6, 6.07) is 11.7. The number of ether oxygens (including phenoxy) is 1. The number of sulfone groups is 1. The number of aromatic carboxylic acids is 1. The minimum Gasteiger partial charge on any atom is -0.495 e. The summed E-state index contributed by atoms with van der Waals surface area (Å²) in [5, 5.41) is 9.95. The van der Waals surface area contributed by atoms with Crippen LogP contribution in [0.15, 0.2) is 70.4 Å². The van der Waals surface area contributed by atoms with E-state index in [-0.39, 0.29) is 21.8 Å². The molecule has 0 spiro atoms. The molecular formula is C27H29NO6S. The second kappa shape index (κ2) is 10.9. The molecule has 0 unspecified atom stereocenters. The maximum Gasteiger partial charge on any atom is 0.339 e. The number of rotatable bonds is 9. The normalized spacial score (nSPS) is 14.9. The van der Waals surface area contributed by atoms with Crippen molar-refractivity contribution in [1.82, 2.24) is 4.90 Å². The number of likely N-dealkylation sites (tertiary alicyclic amines) is 1. The second-order valence-electron chi connectivity index (χ2n) is 8.56. The lowest BCUT2D eigenvalue weighted by Crippen LogP contribution is -2.29. The van der Waals surface area contributed by atoms with Crippen molar-refractivity contribution >= 4 is 21.9 Å². The Balaban J connectivity index is 1.65. The first kappa shape index (κ1) is 24.8. The summed E-state index contributed by atoms with van der Waals surface area (Å²) in [5.74, 6) is -1.62. The lowest BCUT2D eigenvalue weighted by Gasteiger charge is -2.24. The van der Waals surface area contributed by atoms with E-state index in [0.29, 0.717) is 16.7 Å². The van der Waals surface area contributed by atoms with Crippen LogP contribution in [0.5, 0.6) is 5.75 Å². The number of hydrogen-bond donors (Lipinski definition) is 1. The number of piperidine rings is 1. The minimum absolute atomic E-state index is 0.0984. The molecule has 184 valence electrons. The van der Waals surface area contributed by atoms with Crippen molar-refractivity contribution < 1.29 is 27.5 Å². The van der Waals surface area contributed by atoms with Gasteiger partial charge in [0.25, 0.3) is 0 Å². The lowest BCUT2D eigenvalue weighted by molar-refractivity contribution is 0.0692. The molecule has 0 aliphatic carbocycles. The van der Waals surface area contributed by atoms with Gasteiger partial charge in [-0.05, 0) is 49.2 Å². The van der Waals surface area contributed by atoms with E-state index in [4.69, 9.17) is 9.15 Å². The molecule has 0 radical (unpaired) electrons. The van der Waals surface area contributed by atoms with Gasteiger partial charge in [0, 0.05) is 17.7 Å². The van der Waals surface area contributed by atoms with Crippen LogP contribution < -0.4 is 4.74 Å². The van der Waals surface area contributed by atoms with Gasteiger partial charge in [0.15, 0.2) is 9.84 Å². The fraction of sp³-hybridized carbons (Fsp3) is 0.296. The van der Waals surface area contributed by atoms with Crippen LogP contribution in [0.25, 0.3) is 17.2 Å². The predicted molar refractivity (Wildman–Crippen MR) is 134 cm³/mol. The molecule has 3 aromatic rings. The molecule has 1 saturated heterocycles. The molecule has 0 saturated carbocycles. The molecule has 0 atom stereocenters. The zero-order valence-electron chi connectivity index (χ0n) is 19.6. The van der Waals surface area contributed by atoms with Crippen molar-refractivity contribution in [2.45, 2.75) is 29.9 Å². The average molecular weight is 496 g/mol. The predicted octanol–water partition coefficient (Wildman–Crippen LogP) is 5.13. The first-order valence-electron chi connectivity index (χ1n) is 11.6. The molecule has 1 fully saturated rings. The summed E-state index contributed by atoms with van der Waals surface area (Å²) in [6.07, 6.45) is 10.4. The molecule has 0 amide bonds. The molecule has 4 rings (SSSR count). The second-order valence-corrected chi connectivity index (χ2v) is 10.5. The smallest absolute Gasteiger partial charge is 0.339 e. The van der Waals surface area contributed by atoms with Gasteiger partial charge < -0.3 is 14.3 Å². The van der Waals surface area contributed by atoms with Crippen molar-refractivity contribution in [3.8, 4) is 16.9 Å². The van der Waals surface area contributed by atoms with Crippen LogP contribution in [0.2, 0.25) is 0 Å². The molecule has 1 aromatic heterocycles. The van der Waals surface area contributed by atoms with Crippen LogP contribution in [0.1, 0.15) is 40.7 Å². The SMILES string of the molecule is COc1c(-c2ccoc2)ccc(CS(=O)(=O)c2ccccc2/C=C\CN2CCCCC2)c1C(=O)O. The Kier molecular flexibility index (Phi) is 7.73. The minimum atomic E-state index is -3.85. The third-order valence-corrected chi connectivity index (χ3v) is 7.94. The topological polar surface area (TPSA) is 97.0 Å². The summed E-state index contributed by atoms with van der Waals surface area (Å²) < 4.78 is 37.5. The fourth-order valence-electron chi connectivity index (χ4n) is 4.49. The molecule has 35 heavy (non-hydrogen) atoms. The van der Waals surface area contributed by atoms with E-state index in [0.717, 1.165) is 19.6 Å². The van der Waals surface area contributed by atoms with E-state index in [2.05, 4.69) is 4.90 Å². The molecule has 0 bridgehead atoms. The highest BCUT2D eigenvalue weighted by Gasteiger charge is 2.26. The molecule has 1 aliphatic rings. The van der Waals surface area contributed by atoms with Gasteiger partial charge in [-0.15, -0.1) is 0 Å². The Labute approximate surface area is 205 Å². The Morgan fingerprint density at radius 2 is 1.89 bits per heavy atom. The maximum absolute atomic E-state index is 13.5. The summed E-state index contributed by atoms with van der Waals surface area (Å²) >= 11 is 0. The summed E-state index contributed by atoms with van der Waals surface area (Å²) in [4.78, 5) is 14.7. The van der Waals surface area contributed by atoms with Crippen LogP contribution in [0.4, 0.5) is 0 Å². The van der Waals surface area contributed by atoms with Crippen LogP contribution in [0, 0.1) is 0 Å². The van der Waals surface area contributed by atoms with Crippen molar-refractivity contribution in [3.05, 3.63) is 77.8 Å². The Bertz CT molecular complexity index is 1310. The number of hydrogen-bond acceptors (Lipinski definition) is 6. The third-order valence-electron chi connectivity index (χ3n) is 6.20. The van der Waals surface area contributed by atoms with Crippen molar-refractivity contribution in [2.24, 2.45) is 0 Å². The summed E-state index contributed by atoms with van der Waals surface area (Å²) in [7, 11) is -2.48. The first-order chi connectivity index (χ1) is 16.9. The van der Waals surface area contributed by atoms with Crippen molar-refractivity contribution in [2.75, 3.05) is 26.7 Å². The van der Waals surface area contributed by atoms with Crippen LogP contribution in [-0.4, -0.2) is 51.1 Å². The van der Waals surface area contributed by atoms with Crippen molar-refractivity contribution in [3.63, 3.8) is 0 Å². The van der Waals surface area contributed by atoms with Crippen LogP contribution in [0.3, 0.4) is 0 Å². The first-order valence-corrected chi connectivity index (χ1v) is 13.2. The Morgan fingerprint density at radius 3 is 2.57 bits per heavy atom. The van der Waals surface area contributed by atoms with E-state index in [1.54, 1.807) is 36.4 Å². The number of carboxylic acids is 1. The molecule has 1 N–H and O–H groups in total. The zero-order chi connectivity index (χ0) is 24.8. The Morgan fingerprint density at radius 1 is 1.11 bits per heavy atom. The van der Waals surface area contributed by atoms with E-state index >= 15 is 0 Å². The van der Waals surface area contributed by atoms with Gasteiger partial charge in [0.1, 0.15) is 11.3 Å². The van der Waals surface area contributed by atoms with Gasteiger partial charge in [-0.2, -0.15) is 0 Å². The standard InChI is InChI=1S/C27H29NO6S/c1-33-26-23(21-13-17-34-18-21)12-11-22(25(26)27(29)30)19-35(31,32)24-10-4-3-8-20(24)9-7-16-28-14-5-2-6-15-28/h3-4,7-13,17-18H,2,5-6,14-16,19H2,1H3,(H,29,30)/b9-7-. The zero-order valence-corrected chi connectivity index (χ0v) is 20.5. The molecule has 2 heterocycles. The van der Waals surface area contributed by atoms with Gasteiger partial charge in [-0.3, -0.25) is 4.90 Å². The molecule has 8 heteroatoms. The Hall–Kier alpha value is -3.36. The van der Waals surface area contributed by atoms with E-state index in [1.165, 1.54) is 45.0 Å². The molecular weight excluding hydrogens is 466 g/mol. The van der Waals surface area contributed by atoms with Gasteiger partial charge >= 0.3 is 5.97 Å². The molecule has 7 nitrogen and oxygen atoms in total. The monoisotopic (exact) mass is 495 g/mol. The average Bonchev–Trinajstić information content (AvgIpc) is 3.39. The number of furan rings is 1. The highest BCUT2D eigenvalue weighted by Crippen LogP contribution is 2.37. The van der Waals surface area contributed by atoms with Gasteiger partial charge in [-0.1, -0.05) is 48.9 Å². The highest BCUT2D eigenvalue weighted by atomic mass is 32.2. The number of benzene rings is 2. The number of methoxy groups -OCH3 is 1. The summed E-state index contributed by atoms with van der Waals surface area (Å²) in [5.41, 5.74) is 1.73. The van der Waals surface area contributed by atoms with Gasteiger partial charge in [0.05, 0.1) is 30.3 Å². The van der Waals surface area contributed by atoms with Crippen LogP contribution >= 0.6 is 0 Å². The maximum atomic E-state index is 13.5. The molecule has 1 aliphatic heterocycles. The quantitative estimate of drug-likeness (QED) is 0.440. The van der Waals surface area contributed by atoms with E-state index < -0.39 is 21.6 Å². The van der Waals surface area contributed by atoms with Gasteiger partial charge in [-0.25, -0.2) is 13.2 Å². The van der Waals surface area contributed by atoms with Crippen molar-refractivity contribution in [1.29, 1.82) is 0 Å². The molecule has 2 aromatic carbocycles. The number of nitrogens with zero attached hydrogens (tertiary/aromatic N) is 1.